The number of fused-ring (bicyclic) bond motifs is 4. The van der Waals surface area contributed by atoms with Crippen molar-refractivity contribution in [2.24, 2.45) is 5.10 Å². The fraction of sp³-hybridized carbons (Fsp3) is 0. The molecule has 1 N–H and O–H groups in total. The van der Waals surface area contributed by atoms with Gasteiger partial charge in [-0.3, -0.25) is 15.0 Å². The van der Waals surface area contributed by atoms with Crippen LogP contribution >= 0.6 is 0 Å². The Morgan fingerprint density at radius 2 is 1.31 bits per heavy atom. The lowest BCUT2D eigenvalue weighted by atomic mass is 9.83. The van der Waals surface area contributed by atoms with E-state index in [-0.39, 0.29) is 11.6 Å². The van der Waals surface area contributed by atoms with Gasteiger partial charge in [-0.2, -0.15) is 5.10 Å². The summed E-state index contributed by atoms with van der Waals surface area (Å²) in [6.45, 7) is 0. The summed E-state index contributed by atoms with van der Waals surface area (Å²) >= 11 is 0. The van der Waals surface area contributed by atoms with E-state index in [1.54, 1.807) is 42.6 Å². The van der Waals surface area contributed by atoms with Crippen LogP contribution in [0.5, 0.6) is 0 Å². The van der Waals surface area contributed by atoms with Crippen LogP contribution in [-0.2, 0) is 0 Å². The summed E-state index contributed by atoms with van der Waals surface area (Å²) in [7, 11) is 0. The van der Waals surface area contributed by atoms with Crippen molar-refractivity contribution in [3.8, 4) is 11.4 Å². The minimum atomic E-state index is -0.225. The van der Waals surface area contributed by atoms with Gasteiger partial charge in [-0.15, -0.1) is 0 Å². The molecule has 0 fully saturated rings. The van der Waals surface area contributed by atoms with Gasteiger partial charge in [0, 0.05) is 27.6 Å². The lowest BCUT2D eigenvalue weighted by molar-refractivity contribution is 0.0980. The van der Waals surface area contributed by atoms with Crippen molar-refractivity contribution >= 4 is 34.5 Å². The van der Waals surface area contributed by atoms with E-state index in [0.717, 1.165) is 11.1 Å². The number of aromatic nitrogens is 2. The molecule has 35 heavy (non-hydrogen) atoms. The van der Waals surface area contributed by atoms with Crippen molar-refractivity contribution < 1.29 is 9.59 Å². The van der Waals surface area contributed by atoms with Crippen molar-refractivity contribution in [2.45, 2.75) is 0 Å². The number of hydrogen-bond acceptors (Lipinski definition) is 6. The molecule has 0 aliphatic heterocycles. The van der Waals surface area contributed by atoms with Crippen molar-refractivity contribution in [2.75, 3.05) is 5.43 Å². The number of rotatable bonds is 4. The molecule has 0 unspecified atom stereocenters. The molecular weight excluding hydrogens is 436 g/mol. The predicted octanol–water partition coefficient (Wildman–Crippen LogP) is 5.52. The molecule has 0 atom stereocenters. The molecule has 0 radical (unpaired) electrons. The molecule has 1 aromatic heterocycles. The Balaban J connectivity index is 1.55. The molecule has 4 aromatic carbocycles. The third-order valence-corrected chi connectivity index (χ3v) is 5.97. The van der Waals surface area contributed by atoms with Gasteiger partial charge in [0.2, 0.25) is 0 Å². The maximum absolute atomic E-state index is 13.6. The zero-order chi connectivity index (χ0) is 23.8. The molecule has 6 heteroatoms. The minimum absolute atomic E-state index is 0.186. The van der Waals surface area contributed by atoms with Crippen LogP contribution in [0, 0.1) is 0 Å². The second-order valence-corrected chi connectivity index (χ2v) is 8.13. The third kappa shape index (κ3) is 3.57. The molecule has 1 aliphatic rings. The molecule has 6 nitrogen and oxygen atoms in total. The monoisotopic (exact) mass is 454 g/mol. The highest BCUT2D eigenvalue weighted by molar-refractivity contribution is 6.32. The van der Waals surface area contributed by atoms with E-state index in [4.69, 9.17) is 9.97 Å². The first-order valence-electron chi connectivity index (χ1n) is 11.1. The summed E-state index contributed by atoms with van der Waals surface area (Å²) in [5.74, 6) is 0.469. The Labute approximate surface area is 201 Å². The smallest absolute Gasteiger partial charge is 0.196 e. The van der Waals surface area contributed by atoms with Gasteiger partial charge in [0.05, 0.1) is 17.3 Å². The fourth-order valence-electron chi connectivity index (χ4n) is 4.28. The first kappa shape index (κ1) is 20.6. The summed E-state index contributed by atoms with van der Waals surface area (Å²) in [4.78, 5) is 36.3. The Hall–Kier alpha value is -4.97. The highest BCUT2D eigenvalue weighted by Gasteiger charge is 2.32. The van der Waals surface area contributed by atoms with Crippen LogP contribution in [0.1, 0.15) is 37.4 Å². The number of hydrazone groups is 1. The molecule has 0 bridgehead atoms. The number of nitrogens with one attached hydrogen (secondary N) is 1. The first-order chi connectivity index (χ1) is 17.2. The SMILES string of the molecule is O=C1c2ccccc2C(=O)c2c1ccc1c(N/N=C/c3ccccc3)nc(-c3ccccc3)nc21. The Morgan fingerprint density at radius 1 is 0.657 bits per heavy atom. The number of benzene rings is 4. The molecule has 0 amide bonds. The minimum Gasteiger partial charge on any atom is -0.289 e. The van der Waals surface area contributed by atoms with Gasteiger partial charge in [0.15, 0.2) is 23.2 Å². The molecule has 166 valence electrons. The molecule has 5 aromatic rings. The standard InChI is InChI=1S/C29H18N4O2/c34-26-20-13-7-8-14-21(20)27(35)24-22(26)15-16-23-25(24)31-28(19-11-5-2-6-12-19)32-29(23)33-30-17-18-9-3-1-4-10-18/h1-17H,(H,31,32,33)/b30-17+. The summed E-state index contributed by atoms with van der Waals surface area (Å²) in [5, 5.41) is 4.97. The quantitative estimate of drug-likeness (QED) is 0.280. The Bertz CT molecular complexity index is 1640. The van der Waals surface area contributed by atoms with E-state index in [9.17, 15) is 9.59 Å². The molecule has 6 rings (SSSR count). The van der Waals surface area contributed by atoms with E-state index < -0.39 is 0 Å². The molecular formula is C29H18N4O2. The molecule has 0 spiro atoms. The van der Waals surface area contributed by atoms with E-state index in [2.05, 4.69) is 10.5 Å². The van der Waals surface area contributed by atoms with Gasteiger partial charge in [-0.05, 0) is 17.7 Å². The van der Waals surface area contributed by atoms with Gasteiger partial charge in [0.25, 0.3) is 0 Å². The van der Waals surface area contributed by atoms with E-state index in [0.29, 0.717) is 44.8 Å². The first-order valence-corrected chi connectivity index (χ1v) is 11.1. The number of carbonyl (C=O) groups excluding carboxylic acids is 2. The summed E-state index contributed by atoms with van der Waals surface area (Å²) in [5.41, 5.74) is 6.59. The summed E-state index contributed by atoms with van der Waals surface area (Å²) in [6.07, 6.45) is 1.69. The van der Waals surface area contributed by atoms with Gasteiger partial charge in [0.1, 0.15) is 0 Å². The highest BCUT2D eigenvalue weighted by Crippen LogP contribution is 2.35. The van der Waals surface area contributed by atoms with Gasteiger partial charge < -0.3 is 0 Å². The number of ketones is 2. The lowest BCUT2D eigenvalue weighted by Crippen LogP contribution is -2.21. The summed E-state index contributed by atoms with van der Waals surface area (Å²) in [6, 6.07) is 29.5. The van der Waals surface area contributed by atoms with Crippen LogP contribution in [0.15, 0.2) is 102 Å². The van der Waals surface area contributed by atoms with Gasteiger partial charge in [-0.25, -0.2) is 9.97 Å². The van der Waals surface area contributed by atoms with Crippen LogP contribution in [0.2, 0.25) is 0 Å². The van der Waals surface area contributed by atoms with Gasteiger partial charge >= 0.3 is 0 Å². The van der Waals surface area contributed by atoms with Gasteiger partial charge in [-0.1, -0.05) is 84.9 Å². The number of carbonyl (C=O) groups is 2. The lowest BCUT2D eigenvalue weighted by Gasteiger charge is -2.19. The normalized spacial score (nSPS) is 12.6. The molecule has 0 saturated heterocycles. The topological polar surface area (TPSA) is 84.3 Å². The zero-order valence-corrected chi connectivity index (χ0v) is 18.5. The van der Waals surface area contributed by atoms with E-state index >= 15 is 0 Å². The van der Waals surface area contributed by atoms with Crippen LogP contribution in [0.4, 0.5) is 5.82 Å². The number of nitrogens with zero attached hydrogens (tertiary/aromatic N) is 3. The predicted molar refractivity (Wildman–Crippen MR) is 136 cm³/mol. The highest BCUT2D eigenvalue weighted by atomic mass is 16.1. The number of hydrogen-bond donors (Lipinski definition) is 1. The maximum atomic E-state index is 13.6. The maximum Gasteiger partial charge on any atom is 0.196 e. The van der Waals surface area contributed by atoms with Crippen molar-refractivity contribution in [3.63, 3.8) is 0 Å². The van der Waals surface area contributed by atoms with Crippen LogP contribution in [-0.4, -0.2) is 27.7 Å². The van der Waals surface area contributed by atoms with E-state index in [1.807, 2.05) is 60.7 Å². The van der Waals surface area contributed by atoms with Crippen LogP contribution in [0.3, 0.4) is 0 Å². The van der Waals surface area contributed by atoms with Crippen molar-refractivity contribution in [1.29, 1.82) is 0 Å². The van der Waals surface area contributed by atoms with Crippen molar-refractivity contribution in [1.82, 2.24) is 9.97 Å². The van der Waals surface area contributed by atoms with Crippen molar-refractivity contribution in [3.05, 3.63) is 125 Å². The fourth-order valence-corrected chi connectivity index (χ4v) is 4.28. The Morgan fingerprint density at radius 3 is 2.06 bits per heavy atom. The molecule has 1 heterocycles. The molecule has 1 aliphatic carbocycles. The second kappa shape index (κ2) is 8.43. The second-order valence-electron chi connectivity index (χ2n) is 8.13. The largest absolute Gasteiger partial charge is 0.289 e. The van der Waals surface area contributed by atoms with E-state index in [1.165, 1.54) is 0 Å². The third-order valence-electron chi connectivity index (χ3n) is 5.97. The molecule has 0 saturated carbocycles. The van der Waals surface area contributed by atoms with Crippen LogP contribution < -0.4 is 5.43 Å². The number of anilines is 1. The average Bonchev–Trinajstić information content (AvgIpc) is 2.92. The van der Waals surface area contributed by atoms with Crippen LogP contribution in [0.25, 0.3) is 22.3 Å². The summed E-state index contributed by atoms with van der Waals surface area (Å²) < 4.78 is 0. The average molecular weight is 454 g/mol. The zero-order valence-electron chi connectivity index (χ0n) is 18.5. The Kier molecular flexibility index (Phi) is 4.96.